The third kappa shape index (κ3) is 4.15. The summed E-state index contributed by atoms with van der Waals surface area (Å²) in [4.78, 5) is 16.7. The van der Waals surface area contributed by atoms with Crippen LogP contribution >= 0.6 is 0 Å². The van der Waals surface area contributed by atoms with Gasteiger partial charge in [0.25, 0.3) is 0 Å². The first kappa shape index (κ1) is 18.4. The van der Waals surface area contributed by atoms with Crippen molar-refractivity contribution in [3.05, 3.63) is 102 Å². The highest BCUT2D eigenvalue weighted by molar-refractivity contribution is 5.90. The van der Waals surface area contributed by atoms with E-state index in [0.717, 1.165) is 22.1 Å². The summed E-state index contributed by atoms with van der Waals surface area (Å²) in [7, 11) is 0. The molecule has 4 heteroatoms. The molecule has 0 fully saturated rings. The number of benzene rings is 3. The molecule has 1 atom stereocenters. The van der Waals surface area contributed by atoms with Crippen LogP contribution in [-0.2, 0) is 11.2 Å². The number of nitrogens with zero attached hydrogens (tertiary/aromatic N) is 2. The molecule has 4 rings (SSSR count). The van der Waals surface area contributed by atoms with Crippen LogP contribution in [0.25, 0.3) is 10.8 Å². The topological polar surface area (TPSA) is 63.0 Å². The lowest BCUT2D eigenvalue weighted by atomic mass is 9.96. The van der Waals surface area contributed by atoms with E-state index in [-0.39, 0.29) is 12.2 Å². The Morgan fingerprint density at radius 3 is 2.45 bits per heavy atom. The molecule has 0 amide bonds. The number of pyridine rings is 1. The summed E-state index contributed by atoms with van der Waals surface area (Å²) >= 11 is 0. The molecule has 4 nitrogen and oxygen atoms in total. The molecule has 0 radical (unpaired) electrons. The van der Waals surface area contributed by atoms with Gasteiger partial charge in [-0.2, -0.15) is 5.26 Å². The van der Waals surface area contributed by atoms with Crippen LogP contribution < -0.4 is 4.74 Å². The Kier molecular flexibility index (Phi) is 5.31. The first-order valence-corrected chi connectivity index (χ1v) is 9.32. The standard InChI is InChI=1S/C25H18N2O2/c26-17-22(23-9-3-4-15-27-23)24(28)16-18-11-13-20(14-12-18)29-25-10-5-7-19-6-1-2-8-21(19)25/h1-15,22H,16H2. The summed E-state index contributed by atoms with van der Waals surface area (Å²) < 4.78 is 6.04. The van der Waals surface area contributed by atoms with E-state index in [9.17, 15) is 10.1 Å². The smallest absolute Gasteiger partial charge is 0.160 e. The fourth-order valence-electron chi connectivity index (χ4n) is 3.24. The monoisotopic (exact) mass is 378 g/mol. The minimum absolute atomic E-state index is 0.170. The quantitative estimate of drug-likeness (QED) is 0.448. The van der Waals surface area contributed by atoms with Gasteiger partial charge in [-0.3, -0.25) is 9.78 Å². The molecule has 0 bridgehead atoms. The number of carbonyl (C=O) groups is 1. The molecule has 1 unspecified atom stereocenters. The first-order valence-electron chi connectivity index (χ1n) is 9.32. The predicted molar refractivity (Wildman–Crippen MR) is 112 cm³/mol. The van der Waals surface area contributed by atoms with Crippen molar-refractivity contribution in [3.8, 4) is 17.6 Å². The molecule has 1 aromatic heterocycles. The summed E-state index contributed by atoms with van der Waals surface area (Å²) in [5.74, 6) is 0.447. The summed E-state index contributed by atoms with van der Waals surface area (Å²) in [5, 5.41) is 11.5. The molecule has 0 N–H and O–H groups in total. The highest BCUT2D eigenvalue weighted by Gasteiger charge is 2.21. The van der Waals surface area contributed by atoms with Gasteiger partial charge in [0, 0.05) is 18.0 Å². The van der Waals surface area contributed by atoms with Crippen molar-refractivity contribution >= 4 is 16.6 Å². The Labute approximate surface area is 169 Å². The van der Waals surface area contributed by atoms with Crippen LogP contribution in [-0.4, -0.2) is 10.8 Å². The van der Waals surface area contributed by atoms with Crippen molar-refractivity contribution in [3.63, 3.8) is 0 Å². The zero-order valence-electron chi connectivity index (χ0n) is 15.7. The van der Waals surface area contributed by atoms with Gasteiger partial charge in [0.05, 0.1) is 11.8 Å². The molecule has 3 aromatic carbocycles. The number of ketones is 1. The molecule has 4 aromatic rings. The van der Waals surface area contributed by atoms with Crippen LogP contribution in [0.2, 0.25) is 0 Å². The SMILES string of the molecule is N#CC(C(=O)Cc1ccc(Oc2cccc3ccccc23)cc1)c1ccccn1. The average molecular weight is 378 g/mol. The summed E-state index contributed by atoms with van der Waals surface area (Å²) in [6.07, 6.45) is 1.76. The van der Waals surface area contributed by atoms with Gasteiger partial charge < -0.3 is 4.74 Å². The third-order valence-corrected chi connectivity index (χ3v) is 4.71. The molecule has 0 aliphatic rings. The number of Topliss-reactive ketones (excluding diaryl/α,β-unsaturated/α-hetero) is 1. The lowest BCUT2D eigenvalue weighted by Crippen LogP contribution is -2.14. The molecule has 29 heavy (non-hydrogen) atoms. The highest BCUT2D eigenvalue weighted by Crippen LogP contribution is 2.30. The lowest BCUT2D eigenvalue weighted by Gasteiger charge is -2.10. The molecular weight excluding hydrogens is 360 g/mol. The maximum Gasteiger partial charge on any atom is 0.160 e. The fraction of sp³-hybridized carbons (Fsp3) is 0.0800. The number of hydrogen-bond donors (Lipinski definition) is 0. The number of nitriles is 1. The van der Waals surface area contributed by atoms with Gasteiger partial charge in [0.15, 0.2) is 5.78 Å². The molecule has 140 valence electrons. The second-order valence-corrected chi connectivity index (χ2v) is 6.68. The number of fused-ring (bicyclic) bond motifs is 1. The van der Waals surface area contributed by atoms with E-state index in [1.165, 1.54) is 0 Å². The molecule has 0 saturated heterocycles. The summed E-state index contributed by atoms with van der Waals surface area (Å²) in [6, 6.07) is 28.7. The Hall–Kier alpha value is -3.97. The van der Waals surface area contributed by atoms with Crippen LogP contribution in [0.5, 0.6) is 11.5 Å². The van der Waals surface area contributed by atoms with E-state index < -0.39 is 5.92 Å². The van der Waals surface area contributed by atoms with Gasteiger partial charge in [-0.1, -0.05) is 54.6 Å². The van der Waals surface area contributed by atoms with E-state index in [1.54, 1.807) is 24.4 Å². The van der Waals surface area contributed by atoms with Crippen LogP contribution in [0, 0.1) is 11.3 Å². The van der Waals surface area contributed by atoms with E-state index >= 15 is 0 Å². The second-order valence-electron chi connectivity index (χ2n) is 6.68. The molecule has 1 heterocycles. The molecule has 0 spiro atoms. The van der Waals surface area contributed by atoms with E-state index in [4.69, 9.17) is 4.74 Å². The van der Waals surface area contributed by atoms with Gasteiger partial charge >= 0.3 is 0 Å². The summed E-state index contributed by atoms with van der Waals surface area (Å²) in [6.45, 7) is 0. The van der Waals surface area contributed by atoms with Gasteiger partial charge in [-0.05, 0) is 41.3 Å². The first-order chi connectivity index (χ1) is 14.2. The van der Waals surface area contributed by atoms with E-state index in [0.29, 0.717) is 11.4 Å². The normalized spacial score (nSPS) is 11.6. The predicted octanol–water partition coefficient (Wildman–Crippen LogP) is 5.45. The number of aromatic nitrogens is 1. The van der Waals surface area contributed by atoms with Crippen molar-refractivity contribution in [1.29, 1.82) is 5.26 Å². The van der Waals surface area contributed by atoms with Crippen molar-refractivity contribution in [2.24, 2.45) is 0 Å². The average Bonchev–Trinajstić information content (AvgIpc) is 2.77. The third-order valence-electron chi connectivity index (χ3n) is 4.71. The number of hydrogen-bond acceptors (Lipinski definition) is 4. The van der Waals surface area contributed by atoms with E-state index in [2.05, 4.69) is 11.1 Å². The minimum Gasteiger partial charge on any atom is -0.457 e. The van der Waals surface area contributed by atoms with Crippen molar-refractivity contribution < 1.29 is 9.53 Å². The van der Waals surface area contributed by atoms with Crippen LogP contribution in [0.1, 0.15) is 17.2 Å². The Morgan fingerprint density at radius 2 is 1.69 bits per heavy atom. The van der Waals surface area contributed by atoms with Gasteiger partial charge in [0.1, 0.15) is 17.4 Å². The Balaban J connectivity index is 1.48. The molecular formula is C25H18N2O2. The lowest BCUT2D eigenvalue weighted by molar-refractivity contribution is -0.118. The van der Waals surface area contributed by atoms with Crippen LogP contribution in [0.15, 0.2) is 91.1 Å². The highest BCUT2D eigenvalue weighted by atomic mass is 16.5. The van der Waals surface area contributed by atoms with E-state index in [1.807, 2.05) is 66.7 Å². The Morgan fingerprint density at radius 1 is 0.931 bits per heavy atom. The number of carbonyl (C=O) groups excluding carboxylic acids is 1. The van der Waals surface area contributed by atoms with Gasteiger partial charge in [-0.15, -0.1) is 0 Å². The number of rotatable bonds is 6. The number of ether oxygens (including phenoxy) is 1. The van der Waals surface area contributed by atoms with Crippen molar-refractivity contribution in [2.75, 3.05) is 0 Å². The van der Waals surface area contributed by atoms with Gasteiger partial charge in [0.2, 0.25) is 0 Å². The Bertz CT molecular complexity index is 1170. The van der Waals surface area contributed by atoms with Gasteiger partial charge in [-0.25, -0.2) is 0 Å². The zero-order valence-corrected chi connectivity index (χ0v) is 15.7. The largest absolute Gasteiger partial charge is 0.457 e. The maximum atomic E-state index is 12.6. The van der Waals surface area contributed by atoms with Crippen LogP contribution in [0.3, 0.4) is 0 Å². The molecule has 0 aliphatic carbocycles. The molecule has 0 aliphatic heterocycles. The van der Waals surface area contributed by atoms with Crippen molar-refractivity contribution in [2.45, 2.75) is 12.3 Å². The summed E-state index contributed by atoms with van der Waals surface area (Å²) in [5.41, 5.74) is 1.31. The fourth-order valence-corrected chi connectivity index (χ4v) is 3.24. The maximum absolute atomic E-state index is 12.6. The second kappa shape index (κ2) is 8.37. The van der Waals surface area contributed by atoms with Crippen LogP contribution in [0.4, 0.5) is 0 Å². The zero-order chi connectivity index (χ0) is 20.1. The molecule has 0 saturated carbocycles. The minimum atomic E-state index is -0.859. The van der Waals surface area contributed by atoms with Crippen molar-refractivity contribution in [1.82, 2.24) is 4.98 Å².